The lowest BCUT2D eigenvalue weighted by Gasteiger charge is -2.03. The highest BCUT2D eigenvalue weighted by Crippen LogP contribution is 2.38. The van der Waals surface area contributed by atoms with Gasteiger partial charge in [0.1, 0.15) is 0 Å². The van der Waals surface area contributed by atoms with Gasteiger partial charge in [-0.3, -0.25) is 4.79 Å². The molecule has 0 aromatic heterocycles. The standard InChI is InChI=1S/C13H9NOS.C2H6/c15-13-9-5-1-3-7-11(9)16-12-8-4-2-6-10(12)14-13;1-2/h1-8H,(H,14,15);1-2H3. The molecule has 0 spiro atoms. The molecule has 3 rings (SSSR count). The van der Waals surface area contributed by atoms with Gasteiger partial charge in [0.15, 0.2) is 0 Å². The number of amides is 1. The Morgan fingerprint density at radius 2 is 1.50 bits per heavy atom. The second kappa shape index (κ2) is 5.74. The number of para-hydroxylation sites is 1. The first-order chi connectivity index (χ1) is 8.84. The molecule has 0 saturated carbocycles. The molecule has 0 bridgehead atoms. The van der Waals surface area contributed by atoms with E-state index in [9.17, 15) is 4.79 Å². The third kappa shape index (κ3) is 2.41. The highest BCUT2D eigenvalue weighted by Gasteiger charge is 2.18. The first kappa shape index (κ1) is 12.7. The number of carbonyl (C=O) groups is 1. The maximum absolute atomic E-state index is 11.9. The van der Waals surface area contributed by atoms with Crippen LogP contribution >= 0.6 is 11.8 Å². The molecule has 1 heterocycles. The van der Waals surface area contributed by atoms with Gasteiger partial charge in [-0.15, -0.1) is 0 Å². The number of anilines is 1. The number of benzene rings is 2. The Morgan fingerprint density at radius 3 is 2.28 bits per heavy atom. The minimum absolute atomic E-state index is 0.0342. The summed E-state index contributed by atoms with van der Waals surface area (Å²) in [4.78, 5) is 14.0. The van der Waals surface area contributed by atoms with Gasteiger partial charge in [-0.2, -0.15) is 0 Å². The van der Waals surface area contributed by atoms with E-state index in [0.29, 0.717) is 0 Å². The molecule has 1 amide bonds. The van der Waals surface area contributed by atoms with Crippen LogP contribution in [0.3, 0.4) is 0 Å². The van der Waals surface area contributed by atoms with Gasteiger partial charge < -0.3 is 5.32 Å². The van der Waals surface area contributed by atoms with Crippen molar-refractivity contribution in [3.63, 3.8) is 0 Å². The van der Waals surface area contributed by atoms with E-state index in [4.69, 9.17) is 0 Å². The summed E-state index contributed by atoms with van der Waals surface area (Å²) in [6.07, 6.45) is 0. The van der Waals surface area contributed by atoms with Gasteiger partial charge in [-0.1, -0.05) is 49.9 Å². The van der Waals surface area contributed by atoms with Crippen molar-refractivity contribution in [3.8, 4) is 0 Å². The van der Waals surface area contributed by atoms with Crippen molar-refractivity contribution in [1.82, 2.24) is 0 Å². The first-order valence-corrected chi connectivity index (χ1v) is 6.83. The molecule has 0 saturated heterocycles. The Hall–Kier alpha value is -1.74. The number of carbonyl (C=O) groups excluding carboxylic acids is 1. The molecule has 0 unspecified atom stereocenters. The largest absolute Gasteiger partial charge is 0.321 e. The van der Waals surface area contributed by atoms with Crippen LogP contribution in [-0.4, -0.2) is 5.91 Å². The number of nitrogens with one attached hydrogen (secondary N) is 1. The van der Waals surface area contributed by atoms with Gasteiger partial charge in [0.05, 0.1) is 11.3 Å². The van der Waals surface area contributed by atoms with Crippen LogP contribution in [0.4, 0.5) is 5.69 Å². The fraction of sp³-hybridized carbons (Fsp3) is 0.133. The highest BCUT2D eigenvalue weighted by molar-refractivity contribution is 7.99. The average Bonchev–Trinajstić information content (AvgIpc) is 2.57. The lowest BCUT2D eigenvalue weighted by molar-refractivity contribution is 0.102. The molecule has 0 aliphatic carbocycles. The van der Waals surface area contributed by atoms with Crippen molar-refractivity contribution < 1.29 is 4.79 Å². The van der Waals surface area contributed by atoms with Gasteiger partial charge in [0.2, 0.25) is 0 Å². The molecule has 1 aliphatic heterocycles. The maximum Gasteiger partial charge on any atom is 0.256 e. The predicted octanol–water partition coefficient (Wildman–Crippen LogP) is 4.43. The molecule has 18 heavy (non-hydrogen) atoms. The zero-order valence-corrected chi connectivity index (χ0v) is 11.3. The summed E-state index contributed by atoms with van der Waals surface area (Å²) < 4.78 is 0. The Labute approximate surface area is 111 Å². The van der Waals surface area contributed by atoms with E-state index in [-0.39, 0.29) is 5.91 Å². The molecular weight excluding hydrogens is 242 g/mol. The third-order valence-electron chi connectivity index (χ3n) is 2.49. The Morgan fingerprint density at radius 1 is 0.889 bits per heavy atom. The lowest BCUT2D eigenvalue weighted by atomic mass is 10.2. The molecule has 2 nitrogen and oxygen atoms in total. The average molecular weight is 257 g/mol. The molecular formula is C15H15NOS. The second-order valence-electron chi connectivity index (χ2n) is 3.55. The maximum atomic E-state index is 11.9. The monoisotopic (exact) mass is 257 g/mol. The van der Waals surface area contributed by atoms with Crippen LogP contribution in [0.1, 0.15) is 24.2 Å². The smallest absolute Gasteiger partial charge is 0.256 e. The molecule has 3 heteroatoms. The molecule has 2 aromatic rings. The predicted molar refractivity (Wildman–Crippen MR) is 76.3 cm³/mol. The van der Waals surface area contributed by atoms with E-state index < -0.39 is 0 Å². The van der Waals surface area contributed by atoms with Crippen LogP contribution in [0.25, 0.3) is 0 Å². The summed E-state index contributed by atoms with van der Waals surface area (Å²) in [5, 5.41) is 2.92. The van der Waals surface area contributed by atoms with E-state index in [0.717, 1.165) is 21.0 Å². The van der Waals surface area contributed by atoms with Gasteiger partial charge in [0, 0.05) is 9.79 Å². The van der Waals surface area contributed by atoms with Gasteiger partial charge in [0.25, 0.3) is 5.91 Å². The van der Waals surface area contributed by atoms with Crippen LogP contribution < -0.4 is 5.32 Å². The highest BCUT2D eigenvalue weighted by atomic mass is 32.2. The van der Waals surface area contributed by atoms with Gasteiger partial charge in [-0.25, -0.2) is 0 Å². The van der Waals surface area contributed by atoms with E-state index in [1.165, 1.54) is 0 Å². The number of fused-ring (bicyclic) bond motifs is 2. The Kier molecular flexibility index (Phi) is 4.05. The second-order valence-corrected chi connectivity index (χ2v) is 4.63. The van der Waals surface area contributed by atoms with Gasteiger partial charge >= 0.3 is 0 Å². The van der Waals surface area contributed by atoms with E-state index in [1.54, 1.807) is 11.8 Å². The minimum Gasteiger partial charge on any atom is -0.321 e. The first-order valence-electron chi connectivity index (χ1n) is 6.02. The summed E-state index contributed by atoms with van der Waals surface area (Å²) in [5.41, 5.74) is 1.62. The zero-order valence-electron chi connectivity index (χ0n) is 10.4. The molecule has 1 N–H and O–H groups in total. The van der Waals surface area contributed by atoms with E-state index in [2.05, 4.69) is 5.32 Å². The lowest BCUT2D eigenvalue weighted by Crippen LogP contribution is -2.11. The summed E-state index contributed by atoms with van der Waals surface area (Å²) in [6.45, 7) is 4.00. The normalized spacial score (nSPS) is 12.2. The van der Waals surface area contributed by atoms with Crippen LogP contribution in [0, 0.1) is 0 Å². The SMILES string of the molecule is CC.O=C1Nc2ccccc2Sc2ccccc21. The number of rotatable bonds is 0. The van der Waals surface area contributed by atoms with Crippen molar-refractivity contribution in [1.29, 1.82) is 0 Å². The van der Waals surface area contributed by atoms with E-state index in [1.807, 2.05) is 62.4 Å². The zero-order chi connectivity index (χ0) is 13.0. The van der Waals surface area contributed by atoms with Crippen molar-refractivity contribution in [2.45, 2.75) is 23.6 Å². The summed E-state index contributed by atoms with van der Waals surface area (Å²) in [6, 6.07) is 15.5. The molecule has 0 fully saturated rings. The van der Waals surface area contributed by atoms with E-state index >= 15 is 0 Å². The van der Waals surface area contributed by atoms with Crippen LogP contribution in [0.15, 0.2) is 58.3 Å². The fourth-order valence-electron chi connectivity index (χ4n) is 1.71. The molecule has 92 valence electrons. The Balaban J connectivity index is 0.000000574. The summed E-state index contributed by atoms with van der Waals surface area (Å²) in [7, 11) is 0. The molecule has 1 aliphatic rings. The molecule has 0 atom stereocenters. The minimum atomic E-state index is -0.0342. The van der Waals surface area contributed by atoms with Gasteiger partial charge in [-0.05, 0) is 24.3 Å². The molecule has 2 aromatic carbocycles. The van der Waals surface area contributed by atoms with Crippen molar-refractivity contribution in [2.24, 2.45) is 0 Å². The number of hydrogen-bond acceptors (Lipinski definition) is 2. The summed E-state index contributed by atoms with van der Waals surface area (Å²) >= 11 is 1.62. The fourth-order valence-corrected chi connectivity index (χ4v) is 2.74. The quantitative estimate of drug-likeness (QED) is 0.756. The van der Waals surface area contributed by atoms with Crippen molar-refractivity contribution in [3.05, 3.63) is 54.1 Å². The van der Waals surface area contributed by atoms with Crippen molar-refractivity contribution in [2.75, 3.05) is 5.32 Å². The van der Waals surface area contributed by atoms with Crippen LogP contribution in [0.2, 0.25) is 0 Å². The third-order valence-corrected chi connectivity index (χ3v) is 3.64. The van der Waals surface area contributed by atoms with Crippen LogP contribution in [-0.2, 0) is 0 Å². The molecule has 0 radical (unpaired) electrons. The van der Waals surface area contributed by atoms with Crippen molar-refractivity contribution >= 4 is 23.4 Å². The van der Waals surface area contributed by atoms with Crippen LogP contribution in [0.5, 0.6) is 0 Å². The topological polar surface area (TPSA) is 29.1 Å². The summed E-state index contributed by atoms with van der Waals surface area (Å²) in [5.74, 6) is -0.0342. The Bertz CT molecular complexity index is 566. The number of hydrogen-bond donors (Lipinski definition) is 1.